The molecule has 0 radical (unpaired) electrons. The van der Waals surface area contributed by atoms with E-state index in [1.807, 2.05) is 92.7 Å². The van der Waals surface area contributed by atoms with Crippen LogP contribution in [0, 0.1) is 13.8 Å². The summed E-state index contributed by atoms with van der Waals surface area (Å²) in [6.07, 6.45) is 2.66. The minimum absolute atomic E-state index is 0.0866. The maximum atomic E-state index is 12.7. The summed E-state index contributed by atoms with van der Waals surface area (Å²) in [5.41, 5.74) is 7.48. The van der Waals surface area contributed by atoms with Gasteiger partial charge in [-0.2, -0.15) is 0 Å². The number of aliphatic hydroxyl groups excluding tert-OH is 2. The summed E-state index contributed by atoms with van der Waals surface area (Å²) in [5, 5.41) is 29.8. The summed E-state index contributed by atoms with van der Waals surface area (Å²) in [6.45, 7) is 6.80. The molecule has 0 aliphatic rings. The summed E-state index contributed by atoms with van der Waals surface area (Å²) >= 11 is 0. The first-order chi connectivity index (χ1) is 24.2. The molecule has 3 atom stereocenters. The predicted molar refractivity (Wildman–Crippen MR) is 196 cm³/mol. The average Bonchev–Trinajstić information content (AvgIpc) is 3.47. The number of hydrogen-bond acceptors (Lipinski definition) is 6. The monoisotopic (exact) mass is 673 g/mol. The maximum absolute atomic E-state index is 12.7. The van der Waals surface area contributed by atoms with Crippen molar-refractivity contribution in [3.05, 3.63) is 154 Å². The lowest BCUT2D eigenvalue weighted by atomic mass is 10.0. The molecule has 2 amide bonds. The van der Waals surface area contributed by atoms with Gasteiger partial charge in [0.15, 0.2) is 0 Å². The lowest BCUT2D eigenvalue weighted by Gasteiger charge is -2.18. The molecule has 0 bridgehead atoms. The molecule has 0 saturated carbocycles. The number of carbonyl (C=O) groups excluding carboxylic acids is 2. The SMILES string of the molecule is Cc1ccc(C)n1-c1ccc([C@@H](O)CNC(C)Cc2ccc(CC(=O)NCc3ccc(C(=O)N[C@@H](CO)Cc4ccccc4)cc3)cc2)cn1. The highest BCUT2D eigenvalue weighted by Gasteiger charge is 2.15. The van der Waals surface area contributed by atoms with Crippen molar-refractivity contribution in [2.75, 3.05) is 13.2 Å². The van der Waals surface area contributed by atoms with E-state index in [4.69, 9.17) is 0 Å². The molecule has 0 saturated heterocycles. The zero-order chi connectivity index (χ0) is 35.5. The first-order valence-corrected chi connectivity index (χ1v) is 17.1. The van der Waals surface area contributed by atoms with Gasteiger partial charge in [0.05, 0.1) is 25.2 Å². The Labute approximate surface area is 294 Å². The van der Waals surface area contributed by atoms with Crippen molar-refractivity contribution in [3.8, 4) is 5.82 Å². The summed E-state index contributed by atoms with van der Waals surface area (Å²) < 4.78 is 2.09. The third-order valence-electron chi connectivity index (χ3n) is 8.83. The summed E-state index contributed by atoms with van der Waals surface area (Å²) in [7, 11) is 0. The van der Waals surface area contributed by atoms with E-state index in [-0.39, 0.29) is 36.9 Å². The fourth-order valence-electron chi connectivity index (χ4n) is 5.96. The van der Waals surface area contributed by atoms with Gasteiger partial charge in [0.1, 0.15) is 5.82 Å². The summed E-state index contributed by atoms with van der Waals surface area (Å²) in [6, 6.07) is 32.6. The molecule has 2 heterocycles. The number of aromatic nitrogens is 2. The number of benzene rings is 3. The van der Waals surface area contributed by atoms with Gasteiger partial charge < -0.3 is 30.7 Å². The van der Waals surface area contributed by atoms with Gasteiger partial charge in [-0.05, 0) is 86.2 Å². The van der Waals surface area contributed by atoms with E-state index in [9.17, 15) is 19.8 Å². The van der Waals surface area contributed by atoms with Crippen molar-refractivity contribution in [2.45, 2.75) is 64.8 Å². The van der Waals surface area contributed by atoms with E-state index in [0.29, 0.717) is 25.1 Å². The molecule has 0 fully saturated rings. The quantitative estimate of drug-likeness (QED) is 0.101. The lowest BCUT2D eigenvalue weighted by molar-refractivity contribution is -0.120. The minimum atomic E-state index is -0.668. The van der Waals surface area contributed by atoms with E-state index in [0.717, 1.165) is 51.4 Å². The van der Waals surface area contributed by atoms with Crippen LogP contribution in [-0.4, -0.2) is 56.8 Å². The summed E-state index contributed by atoms with van der Waals surface area (Å²) in [5.74, 6) is 0.500. The number of hydrogen-bond donors (Lipinski definition) is 5. The van der Waals surface area contributed by atoms with E-state index >= 15 is 0 Å². The minimum Gasteiger partial charge on any atom is -0.394 e. The Morgan fingerprint density at radius 3 is 2.06 bits per heavy atom. The fourth-order valence-corrected chi connectivity index (χ4v) is 5.96. The van der Waals surface area contributed by atoms with Crippen molar-refractivity contribution in [3.63, 3.8) is 0 Å². The number of aliphatic hydroxyl groups is 2. The standard InChI is InChI=1S/C41H47N5O4/c1-28(42-26-38(48)36-19-20-39(43-25-36)46-29(2)9-10-30(46)3)21-32-11-13-33(14-12-32)23-40(49)44-24-34-15-17-35(18-16-34)41(50)45-37(27-47)22-31-7-5-4-6-8-31/h4-20,25,28,37-38,42,47-48H,21-24,26-27H2,1-3H3,(H,44,49)(H,45,50)/t28?,37-,38+/m1/s1. The van der Waals surface area contributed by atoms with Gasteiger partial charge in [0.25, 0.3) is 5.91 Å². The smallest absolute Gasteiger partial charge is 0.251 e. The highest BCUT2D eigenvalue weighted by Crippen LogP contribution is 2.18. The molecule has 5 aromatic rings. The summed E-state index contributed by atoms with van der Waals surface area (Å²) in [4.78, 5) is 30.0. The molecule has 9 nitrogen and oxygen atoms in total. The van der Waals surface area contributed by atoms with Gasteiger partial charge in [-0.25, -0.2) is 4.98 Å². The van der Waals surface area contributed by atoms with Crippen molar-refractivity contribution >= 4 is 11.8 Å². The zero-order valence-electron chi connectivity index (χ0n) is 29.0. The molecule has 1 unspecified atom stereocenters. The Morgan fingerprint density at radius 2 is 1.42 bits per heavy atom. The topological polar surface area (TPSA) is 129 Å². The third-order valence-corrected chi connectivity index (χ3v) is 8.83. The lowest BCUT2D eigenvalue weighted by Crippen LogP contribution is -2.39. The maximum Gasteiger partial charge on any atom is 0.251 e. The Bertz CT molecular complexity index is 1800. The molecule has 0 aliphatic carbocycles. The average molecular weight is 674 g/mol. The van der Waals surface area contributed by atoms with E-state index < -0.39 is 6.10 Å². The number of carbonyl (C=O) groups is 2. The fraction of sp³-hybridized carbons (Fsp3) is 0.293. The largest absolute Gasteiger partial charge is 0.394 e. The molecule has 0 spiro atoms. The van der Waals surface area contributed by atoms with Crippen LogP contribution >= 0.6 is 0 Å². The van der Waals surface area contributed by atoms with Crippen LogP contribution in [0.4, 0.5) is 0 Å². The van der Waals surface area contributed by atoms with Gasteiger partial charge in [-0.1, -0.05) is 72.8 Å². The Morgan fingerprint density at radius 1 is 0.780 bits per heavy atom. The Hall–Kier alpha value is -5.09. The number of pyridine rings is 1. The normalized spacial score (nSPS) is 13.0. The van der Waals surface area contributed by atoms with Gasteiger partial charge in [-0.3, -0.25) is 9.59 Å². The van der Waals surface area contributed by atoms with Crippen molar-refractivity contribution in [2.24, 2.45) is 0 Å². The third kappa shape index (κ3) is 10.2. The molecule has 50 heavy (non-hydrogen) atoms. The Balaban J connectivity index is 1.01. The highest BCUT2D eigenvalue weighted by molar-refractivity contribution is 5.94. The number of rotatable bonds is 16. The highest BCUT2D eigenvalue weighted by atomic mass is 16.3. The van der Waals surface area contributed by atoms with Gasteiger partial charge in [0, 0.05) is 47.8 Å². The number of nitrogens with one attached hydrogen (secondary N) is 3. The van der Waals surface area contributed by atoms with Crippen molar-refractivity contribution in [1.82, 2.24) is 25.5 Å². The first kappa shape index (κ1) is 36.2. The number of nitrogens with zero attached hydrogens (tertiary/aromatic N) is 2. The molecule has 2 aromatic heterocycles. The van der Waals surface area contributed by atoms with E-state index in [2.05, 4.69) is 44.6 Å². The molecule has 260 valence electrons. The Kier molecular flexibility index (Phi) is 12.7. The number of amides is 2. The van der Waals surface area contributed by atoms with Crippen LogP contribution in [0.3, 0.4) is 0 Å². The predicted octanol–water partition coefficient (Wildman–Crippen LogP) is 4.94. The van der Waals surface area contributed by atoms with Crippen LogP contribution in [0.1, 0.15) is 62.6 Å². The van der Waals surface area contributed by atoms with Crippen molar-refractivity contribution < 1.29 is 19.8 Å². The van der Waals surface area contributed by atoms with Gasteiger partial charge in [0.2, 0.25) is 5.91 Å². The second kappa shape index (κ2) is 17.5. The molecule has 9 heteroatoms. The molecular weight excluding hydrogens is 626 g/mol. The first-order valence-electron chi connectivity index (χ1n) is 17.1. The van der Waals surface area contributed by atoms with Crippen molar-refractivity contribution in [1.29, 1.82) is 0 Å². The van der Waals surface area contributed by atoms with Crippen LogP contribution in [-0.2, 0) is 30.6 Å². The molecule has 0 aliphatic heterocycles. The van der Waals surface area contributed by atoms with Crippen LogP contribution < -0.4 is 16.0 Å². The number of aryl methyl sites for hydroxylation is 2. The van der Waals surface area contributed by atoms with Gasteiger partial charge >= 0.3 is 0 Å². The molecule has 5 N–H and O–H groups in total. The van der Waals surface area contributed by atoms with Crippen LogP contribution in [0.25, 0.3) is 5.82 Å². The second-order valence-corrected chi connectivity index (χ2v) is 12.9. The van der Waals surface area contributed by atoms with Gasteiger partial charge in [-0.15, -0.1) is 0 Å². The van der Waals surface area contributed by atoms with E-state index in [1.54, 1.807) is 18.3 Å². The van der Waals surface area contributed by atoms with E-state index in [1.165, 1.54) is 0 Å². The molecule has 5 rings (SSSR count). The van der Waals surface area contributed by atoms with Crippen LogP contribution in [0.5, 0.6) is 0 Å². The molecular formula is C41H47N5O4. The van der Waals surface area contributed by atoms with Crippen LogP contribution in [0.15, 0.2) is 109 Å². The molecule has 3 aromatic carbocycles. The van der Waals surface area contributed by atoms with Crippen LogP contribution in [0.2, 0.25) is 0 Å². The second-order valence-electron chi connectivity index (χ2n) is 12.9. The zero-order valence-corrected chi connectivity index (χ0v) is 29.0.